The van der Waals surface area contributed by atoms with Crippen LogP contribution in [0.3, 0.4) is 0 Å². The SMILES string of the molecule is Cc1cc(C)nc(NC(=NCc2ccc(Cl)cc2)NC(=S)NCCCN2CCOCC2)n1. The molecule has 0 atom stereocenters. The molecule has 1 aliphatic heterocycles. The van der Waals surface area contributed by atoms with E-state index in [9.17, 15) is 0 Å². The van der Waals surface area contributed by atoms with Crippen molar-refractivity contribution in [1.29, 1.82) is 0 Å². The Labute approximate surface area is 199 Å². The lowest BCUT2D eigenvalue weighted by molar-refractivity contribution is 0.0376. The van der Waals surface area contributed by atoms with Crippen molar-refractivity contribution in [2.24, 2.45) is 4.99 Å². The number of rotatable bonds is 7. The number of aryl methyl sites for hydroxylation is 2. The first kappa shape index (κ1) is 24.3. The number of anilines is 1. The van der Waals surface area contributed by atoms with Gasteiger partial charge in [-0.25, -0.2) is 15.0 Å². The lowest BCUT2D eigenvalue weighted by atomic mass is 10.2. The molecule has 8 nitrogen and oxygen atoms in total. The fraction of sp³-hybridized carbons (Fsp3) is 0.455. The van der Waals surface area contributed by atoms with E-state index >= 15 is 0 Å². The third kappa shape index (κ3) is 8.66. The quantitative estimate of drug-likeness (QED) is 0.244. The fourth-order valence-corrected chi connectivity index (χ4v) is 3.56. The predicted octanol–water partition coefficient (Wildman–Crippen LogP) is 2.90. The highest BCUT2D eigenvalue weighted by atomic mass is 35.5. The number of hydrogen-bond donors (Lipinski definition) is 3. The van der Waals surface area contributed by atoms with Crippen LogP contribution in [0.4, 0.5) is 5.95 Å². The van der Waals surface area contributed by atoms with Crippen LogP contribution in [0.15, 0.2) is 35.3 Å². The molecular formula is C22H30ClN7OS. The summed E-state index contributed by atoms with van der Waals surface area (Å²) in [6.07, 6.45) is 0.993. The van der Waals surface area contributed by atoms with Crippen LogP contribution >= 0.6 is 23.8 Å². The molecular weight excluding hydrogens is 446 g/mol. The first-order valence-corrected chi connectivity index (χ1v) is 11.5. The van der Waals surface area contributed by atoms with Gasteiger partial charge in [-0.05, 0) is 62.8 Å². The largest absolute Gasteiger partial charge is 0.379 e. The van der Waals surface area contributed by atoms with E-state index < -0.39 is 0 Å². The smallest absolute Gasteiger partial charge is 0.229 e. The monoisotopic (exact) mass is 475 g/mol. The molecule has 0 spiro atoms. The molecule has 0 unspecified atom stereocenters. The molecule has 1 aromatic carbocycles. The van der Waals surface area contributed by atoms with Gasteiger partial charge in [0.15, 0.2) is 5.11 Å². The van der Waals surface area contributed by atoms with Crippen molar-refractivity contribution < 1.29 is 4.74 Å². The van der Waals surface area contributed by atoms with Crippen LogP contribution in [0, 0.1) is 13.8 Å². The van der Waals surface area contributed by atoms with E-state index in [1.807, 2.05) is 44.2 Å². The zero-order valence-corrected chi connectivity index (χ0v) is 20.1. The van der Waals surface area contributed by atoms with Crippen molar-refractivity contribution >= 4 is 40.8 Å². The lowest BCUT2D eigenvalue weighted by Gasteiger charge is -2.26. The minimum atomic E-state index is 0.455. The van der Waals surface area contributed by atoms with E-state index in [1.54, 1.807) is 0 Å². The number of ether oxygens (including phenoxy) is 1. The molecule has 1 aliphatic rings. The maximum atomic E-state index is 5.98. The van der Waals surface area contributed by atoms with Gasteiger partial charge < -0.3 is 15.4 Å². The van der Waals surface area contributed by atoms with Gasteiger partial charge in [0.1, 0.15) is 0 Å². The first-order valence-electron chi connectivity index (χ1n) is 10.7. The van der Waals surface area contributed by atoms with Crippen LogP contribution in [0.1, 0.15) is 23.4 Å². The number of nitrogens with zero attached hydrogens (tertiary/aromatic N) is 4. The Kier molecular flexibility index (Phi) is 9.61. The molecule has 2 aromatic rings. The Bertz CT molecular complexity index is 897. The van der Waals surface area contributed by atoms with Crippen LogP contribution in [0.5, 0.6) is 0 Å². The Balaban J connectivity index is 1.57. The van der Waals surface area contributed by atoms with Crippen LogP contribution in [-0.2, 0) is 11.3 Å². The van der Waals surface area contributed by atoms with Crippen LogP contribution < -0.4 is 16.0 Å². The van der Waals surface area contributed by atoms with Crippen molar-refractivity contribution in [3.8, 4) is 0 Å². The first-order chi connectivity index (χ1) is 15.5. The van der Waals surface area contributed by atoms with Gasteiger partial charge in [-0.2, -0.15) is 0 Å². The summed E-state index contributed by atoms with van der Waals surface area (Å²) in [4.78, 5) is 15.9. The average molecular weight is 476 g/mol. The summed E-state index contributed by atoms with van der Waals surface area (Å²) in [6, 6.07) is 9.50. The van der Waals surface area contributed by atoms with Gasteiger partial charge in [-0.15, -0.1) is 0 Å². The van der Waals surface area contributed by atoms with Gasteiger partial charge in [0, 0.05) is 36.0 Å². The summed E-state index contributed by atoms with van der Waals surface area (Å²) >= 11 is 11.5. The summed E-state index contributed by atoms with van der Waals surface area (Å²) in [7, 11) is 0. The number of halogens is 1. The van der Waals surface area contributed by atoms with Gasteiger partial charge in [0.05, 0.1) is 19.8 Å². The molecule has 1 saturated heterocycles. The molecule has 2 heterocycles. The number of aliphatic imine (C=N–C) groups is 1. The molecule has 0 amide bonds. The molecule has 0 radical (unpaired) electrons. The average Bonchev–Trinajstić information content (AvgIpc) is 2.76. The van der Waals surface area contributed by atoms with Crippen LogP contribution in [-0.4, -0.2) is 65.3 Å². The normalized spacial score (nSPS) is 14.8. The van der Waals surface area contributed by atoms with Gasteiger partial charge in [-0.3, -0.25) is 10.2 Å². The van der Waals surface area contributed by atoms with Crippen molar-refractivity contribution in [2.45, 2.75) is 26.8 Å². The Morgan fingerprint density at radius 2 is 1.84 bits per heavy atom. The zero-order chi connectivity index (χ0) is 22.8. The van der Waals surface area contributed by atoms with Crippen molar-refractivity contribution in [1.82, 2.24) is 25.5 Å². The van der Waals surface area contributed by atoms with Crippen molar-refractivity contribution in [3.63, 3.8) is 0 Å². The summed E-state index contributed by atoms with van der Waals surface area (Å²) in [5, 5.41) is 10.7. The van der Waals surface area contributed by atoms with Crippen LogP contribution in [0.25, 0.3) is 0 Å². The molecule has 0 saturated carbocycles. The van der Waals surface area contributed by atoms with Crippen molar-refractivity contribution in [2.75, 3.05) is 44.7 Å². The Morgan fingerprint density at radius 1 is 1.16 bits per heavy atom. The molecule has 3 N–H and O–H groups in total. The number of aromatic nitrogens is 2. The number of benzene rings is 1. The third-order valence-electron chi connectivity index (χ3n) is 4.82. The number of morpholine rings is 1. The molecule has 1 fully saturated rings. The lowest BCUT2D eigenvalue weighted by Crippen LogP contribution is -2.44. The minimum absolute atomic E-state index is 0.455. The number of hydrogen-bond acceptors (Lipinski definition) is 6. The van der Waals surface area contributed by atoms with E-state index in [1.165, 1.54) is 0 Å². The highest BCUT2D eigenvalue weighted by molar-refractivity contribution is 7.80. The maximum absolute atomic E-state index is 5.98. The van der Waals surface area contributed by atoms with E-state index in [4.69, 9.17) is 28.6 Å². The Morgan fingerprint density at radius 3 is 2.53 bits per heavy atom. The van der Waals surface area contributed by atoms with E-state index in [-0.39, 0.29) is 0 Å². The molecule has 0 bridgehead atoms. The maximum Gasteiger partial charge on any atom is 0.229 e. The summed E-state index contributed by atoms with van der Waals surface area (Å²) in [5.74, 6) is 0.954. The van der Waals surface area contributed by atoms with Gasteiger partial charge in [0.2, 0.25) is 11.9 Å². The topological polar surface area (TPSA) is 86.7 Å². The van der Waals surface area contributed by atoms with Gasteiger partial charge >= 0.3 is 0 Å². The fourth-order valence-electron chi connectivity index (χ4n) is 3.24. The second kappa shape index (κ2) is 12.6. The Hall–Kier alpha value is -2.33. The van der Waals surface area contributed by atoms with E-state index in [2.05, 4.69) is 35.8 Å². The van der Waals surface area contributed by atoms with Crippen molar-refractivity contribution in [3.05, 3.63) is 52.3 Å². The molecule has 0 aliphatic carbocycles. The summed E-state index contributed by atoms with van der Waals surface area (Å²) in [5.41, 5.74) is 2.78. The minimum Gasteiger partial charge on any atom is -0.379 e. The number of guanidine groups is 1. The molecule has 172 valence electrons. The highest BCUT2D eigenvalue weighted by Gasteiger charge is 2.10. The number of nitrogens with one attached hydrogen (secondary N) is 3. The van der Waals surface area contributed by atoms with Crippen LogP contribution in [0.2, 0.25) is 5.02 Å². The molecule has 32 heavy (non-hydrogen) atoms. The number of thiocarbonyl (C=S) groups is 1. The second-order valence-corrected chi connectivity index (χ2v) is 8.42. The standard InChI is InChI=1S/C22H30ClN7OS/c1-16-14-17(2)27-21(26-16)28-20(25-15-18-4-6-19(23)7-5-18)29-22(32)24-8-3-9-30-10-12-31-13-11-30/h4-7,14H,3,8-13,15H2,1-2H3,(H3,24,25,26,27,28,29,32). The highest BCUT2D eigenvalue weighted by Crippen LogP contribution is 2.10. The van der Waals surface area contributed by atoms with Gasteiger partial charge in [-0.1, -0.05) is 23.7 Å². The third-order valence-corrected chi connectivity index (χ3v) is 5.32. The molecule has 10 heteroatoms. The second-order valence-electron chi connectivity index (χ2n) is 7.58. The molecule has 3 rings (SSSR count). The summed E-state index contributed by atoms with van der Waals surface area (Å²) in [6.45, 7) is 9.71. The van der Waals surface area contributed by atoms with Gasteiger partial charge in [0.25, 0.3) is 0 Å². The van der Waals surface area contributed by atoms with E-state index in [0.29, 0.717) is 28.6 Å². The molecule has 1 aromatic heterocycles. The predicted molar refractivity (Wildman–Crippen MR) is 133 cm³/mol. The zero-order valence-electron chi connectivity index (χ0n) is 18.5. The van der Waals surface area contributed by atoms with E-state index in [0.717, 1.165) is 62.8 Å². The summed E-state index contributed by atoms with van der Waals surface area (Å²) < 4.78 is 5.39.